The van der Waals surface area contributed by atoms with Crippen molar-refractivity contribution in [3.05, 3.63) is 59.2 Å². The molecule has 1 N–H and O–H groups in total. The molecule has 0 radical (unpaired) electrons. The van der Waals surface area contributed by atoms with Gasteiger partial charge in [0.2, 0.25) is 11.8 Å². The van der Waals surface area contributed by atoms with E-state index in [0.717, 1.165) is 48.4 Å². The first-order valence-corrected chi connectivity index (χ1v) is 10.4. The molecule has 2 amide bonds. The van der Waals surface area contributed by atoms with Gasteiger partial charge in [-0.15, -0.1) is 0 Å². The quantitative estimate of drug-likeness (QED) is 0.645. The second-order valence-electron chi connectivity index (χ2n) is 7.67. The maximum absolute atomic E-state index is 12.1. The van der Waals surface area contributed by atoms with Crippen molar-refractivity contribution in [2.24, 2.45) is 0 Å². The van der Waals surface area contributed by atoms with Gasteiger partial charge >= 0.3 is 0 Å². The van der Waals surface area contributed by atoms with Gasteiger partial charge in [0, 0.05) is 31.6 Å². The smallest absolute Gasteiger partial charge is 0.227 e. The van der Waals surface area contributed by atoms with Gasteiger partial charge in [-0.25, -0.2) is 0 Å². The van der Waals surface area contributed by atoms with Gasteiger partial charge in [-0.1, -0.05) is 24.3 Å². The Labute approximate surface area is 173 Å². The first-order valence-electron chi connectivity index (χ1n) is 10.4. The minimum atomic E-state index is 0.0411. The van der Waals surface area contributed by atoms with Crippen molar-refractivity contribution in [1.29, 1.82) is 0 Å². The SMILES string of the molecule is Cc1ccc(C)c(OCCCCC(=O)NCc2cccc(N3CCCC3=O)c2)c1. The van der Waals surface area contributed by atoms with Gasteiger partial charge in [0.15, 0.2) is 0 Å². The zero-order valence-corrected chi connectivity index (χ0v) is 17.4. The van der Waals surface area contributed by atoms with Gasteiger partial charge in [0.25, 0.3) is 0 Å². The first-order chi connectivity index (χ1) is 14.0. The van der Waals surface area contributed by atoms with E-state index in [0.29, 0.717) is 26.0 Å². The maximum Gasteiger partial charge on any atom is 0.227 e. The van der Waals surface area contributed by atoms with Gasteiger partial charge in [0.1, 0.15) is 5.75 Å². The number of unbranched alkanes of at least 4 members (excludes halogenated alkanes) is 1. The van der Waals surface area contributed by atoms with Gasteiger partial charge < -0.3 is 15.0 Å². The molecule has 2 aromatic rings. The molecular formula is C24H30N2O3. The number of nitrogens with one attached hydrogen (secondary N) is 1. The van der Waals surface area contributed by atoms with E-state index in [9.17, 15) is 9.59 Å². The summed E-state index contributed by atoms with van der Waals surface area (Å²) in [5.74, 6) is 1.14. The van der Waals surface area contributed by atoms with Crippen molar-refractivity contribution < 1.29 is 14.3 Å². The number of rotatable bonds is 9. The van der Waals surface area contributed by atoms with Crippen LogP contribution in [-0.4, -0.2) is 25.0 Å². The highest BCUT2D eigenvalue weighted by Gasteiger charge is 2.21. The zero-order valence-electron chi connectivity index (χ0n) is 17.4. The van der Waals surface area contributed by atoms with E-state index in [4.69, 9.17) is 4.74 Å². The summed E-state index contributed by atoms with van der Waals surface area (Å²) in [4.78, 5) is 25.8. The number of hydrogen-bond donors (Lipinski definition) is 1. The van der Waals surface area contributed by atoms with Crippen LogP contribution in [0.25, 0.3) is 0 Å². The van der Waals surface area contributed by atoms with E-state index in [1.807, 2.05) is 42.2 Å². The number of aryl methyl sites for hydroxylation is 2. The third-order valence-corrected chi connectivity index (χ3v) is 5.18. The molecule has 0 unspecified atom stereocenters. The maximum atomic E-state index is 12.1. The van der Waals surface area contributed by atoms with Gasteiger partial charge in [0.05, 0.1) is 6.61 Å². The van der Waals surface area contributed by atoms with Crippen LogP contribution in [0.1, 0.15) is 48.8 Å². The van der Waals surface area contributed by atoms with Crippen LogP contribution in [0.2, 0.25) is 0 Å². The van der Waals surface area contributed by atoms with E-state index in [1.54, 1.807) is 0 Å². The standard InChI is InChI=1S/C24H30N2O3/c1-18-11-12-19(2)22(15-18)29-14-4-3-9-23(27)25-17-20-7-5-8-21(16-20)26-13-6-10-24(26)28/h5,7-8,11-12,15-16H,3-4,6,9-10,13-14,17H2,1-2H3,(H,25,27). The number of amides is 2. The fourth-order valence-electron chi connectivity index (χ4n) is 3.48. The van der Waals surface area contributed by atoms with Crippen molar-refractivity contribution in [3.63, 3.8) is 0 Å². The van der Waals surface area contributed by atoms with Crippen LogP contribution < -0.4 is 15.0 Å². The second kappa shape index (κ2) is 10.1. The highest BCUT2D eigenvalue weighted by Crippen LogP contribution is 2.22. The predicted molar refractivity (Wildman–Crippen MR) is 115 cm³/mol. The number of nitrogens with zero attached hydrogens (tertiary/aromatic N) is 1. The number of carbonyl (C=O) groups is 2. The highest BCUT2D eigenvalue weighted by atomic mass is 16.5. The minimum absolute atomic E-state index is 0.0411. The summed E-state index contributed by atoms with van der Waals surface area (Å²) in [5, 5.41) is 2.97. The molecule has 2 aromatic carbocycles. The fourth-order valence-corrected chi connectivity index (χ4v) is 3.48. The number of anilines is 1. The Morgan fingerprint density at radius 2 is 2.00 bits per heavy atom. The lowest BCUT2D eigenvalue weighted by molar-refractivity contribution is -0.121. The summed E-state index contributed by atoms with van der Waals surface area (Å²) >= 11 is 0. The molecule has 0 aliphatic carbocycles. The van der Waals surface area contributed by atoms with Crippen LogP contribution in [-0.2, 0) is 16.1 Å². The molecule has 1 fully saturated rings. The van der Waals surface area contributed by atoms with Crippen LogP contribution in [0.3, 0.4) is 0 Å². The van der Waals surface area contributed by atoms with Crippen molar-refractivity contribution >= 4 is 17.5 Å². The molecule has 0 spiro atoms. The normalized spacial score (nSPS) is 13.6. The van der Waals surface area contributed by atoms with Crippen molar-refractivity contribution in [3.8, 4) is 5.75 Å². The Bertz CT molecular complexity index is 863. The molecule has 1 aliphatic heterocycles. The summed E-state index contributed by atoms with van der Waals surface area (Å²) in [6, 6.07) is 14.0. The van der Waals surface area contributed by atoms with Crippen molar-refractivity contribution in [2.75, 3.05) is 18.1 Å². The highest BCUT2D eigenvalue weighted by molar-refractivity contribution is 5.95. The summed E-state index contributed by atoms with van der Waals surface area (Å²) in [7, 11) is 0. The van der Waals surface area contributed by atoms with Crippen LogP contribution in [0, 0.1) is 13.8 Å². The third kappa shape index (κ3) is 6.08. The van der Waals surface area contributed by atoms with E-state index < -0.39 is 0 Å². The number of ether oxygens (including phenoxy) is 1. The van der Waals surface area contributed by atoms with Gasteiger partial charge in [-0.3, -0.25) is 9.59 Å². The van der Waals surface area contributed by atoms with Crippen LogP contribution >= 0.6 is 0 Å². The van der Waals surface area contributed by atoms with Gasteiger partial charge in [-0.2, -0.15) is 0 Å². The van der Waals surface area contributed by atoms with E-state index in [-0.39, 0.29) is 11.8 Å². The molecule has 0 saturated carbocycles. The number of carbonyl (C=O) groups excluding carboxylic acids is 2. The van der Waals surface area contributed by atoms with Gasteiger partial charge in [-0.05, 0) is 68.0 Å². The van der Waals surface area contributed by atoms with E-state index in [1.165, 1.54) is 5.56 Å². The number of benzene rings is 2. The molecule has 0 aromatic heterocycles. The Hall–Kier alpha value is -2.82. The zero-order chi connectivity index (χ0) is 20.6. The molecule has 0 bridgehead atoms. The molecular weight excluding hydrogens is 364 g/mol. The van der Waals surface area contributed by atoms with Crippen molar-refractivity contribution in [1.82, 2.24) is 5.32 Å². The van der Waals surface area contributed by atoms with Crippen molar-refractivity contribution in [2.45, 2.75) is 52.5 Å². The first kappa shape index (κ1) is 20.9. The lowest BCUT2D eigenvalue weighted by atomic mass is 10.1. The Kier molecular flexibility index (Phi) is 7.28. The summed E-state index contributed by atoms with van der Waals surface area (Å²) in [6.45, 7) is 5.96. The average molecular weight is 395 g/mol. The molecule has 1 heterocycles. The molecule has 0 atom stereocenters. The molecule has 29 heavy (non-hydrogen) atoms. The Balaban J connectivity index is 1.36. The van der Waals surface area contributed by atoms with E-state index >= 15 is 0 Å². The average Bonchev–Trinajstić information content (AvgIpc) is 3.15. The molecule has 5 heteroatoms. The molecule has 1 saturated heterocycles. The molecule has 154 valence electrons. The molecule has 1 aliphatic rings. The third-order valence-electron chi connectivity index (χ3n) is 5.18. The lowest BCUT2D eigenvalue weighted by Crippen LogP contribution is -2.25. The van der Waals surface area contributed by atoms with Crippen LogP contribution in [0.15, 0.2) is 42.5 Å². The Morgan fingerprint density at radius 1 is 1.14 bits per heavy atom. The largest absolute Gasteiger partial charge is 0.493 e. The topological polar surface area (TPSA) is 58.6 Å². The molecule has 3 rings (SSSR count). The summed E-state index contributed by atoms with van der Waals surface area (Å²) < 4.78 is 5.84. The fraction of sp³-hybridized carbons (Fsp3) is 0.417. The lowest BCUT2D eigenvalue weighted by Gasteiger charge is -2.16. The number of hydrogen-bond acceptors (Lipinski definition) is 3. The summed E-state index contributed by atoms with van der Waals surface area (Å²) in [5.41, 5.74) is 4.24. The monoisotopic (exact) mass is 394 g/mol. The minimum Gasteiger partial charge on any atom is -0.493 e. The van der Waals surface area contributed by atoms with E-state index in [2.05, 4.69) is 24.4 Å². The second-order valence-corrected chi connectivity index (χ2v) is 7.67. The summed E-state index contributed by atoms with van der Waals surface area (Å²) in [6.07, 6.45) is 3.65. The molecule has 5 nitrogen and oxygen atoms in total. The predicted octanol–water partition coefficient (Wildman–Crippen LogP) is 4.30. The van der Waals surface area contributed by atoms with Crippen LogP contribution in [0.4, 0.5) is 5.69 Å². The van der Waals surface area contributed by atoms with Crippen LogP contribution in [0.5, 0.6) is 5.75 Å². The Morgan fingerprint density at radius 3 is 2.79 bits per heavy atom.